The van der Waals surface area contributed by atoms with Gasteiger partial charge >= 0.3 is 0 Å². The number of benzene rings is 2. The molecular formula is C19H19FN2O. The zero-order chi connectivity index (χ0) is 16.2. The minimum absolute atomic E-state index is 0.146. The fourth-order valence-electron chi connectivity index (χ4n) is 2.76. The van der Waals surface area contributed by atoms with Gasteiger partial charge in [0.2, 0.25) is 0 Å². The van der Waals surface area contributed by atoms with E-state index in [2.05, 4.69) is 22.4 Å². The molecule has 118 valence electrons. The van der Waals surface area contributed by atoms with Crippen molar-refractivity contribution in [2.75, 3.05) is 6.54 Å². The molecule has 4 heteroatoms. The zero-order valence-corrected chi connectivity index (χ0v) is 13.0. The summed E-state index contributed by atoms with van der Waals surface area (Å²) >= 11 is 0. The van der Waals surface area contributed by atoms with Gasteiger partial charge in [-0.25, -0.2) is 4.39 Å². The average Bonchev–Trinajstić information content (AvgIpc) is 2.88. The number of aromatic nitrogens is 1. The smallest absolute Gasteiger partial charge is 0.268 e. The Hall–Kier alpha value is -2.62. The molecular weight excluding hydrogens is 291 g/mol. The summed E-state index contributed by atoms with van der Waals surface area (Å²) in [7, 11) is 0. The molecule has 0 fully saturated rings. The highest BCUT2D eigenvalue weighted by Gasteiger charge is 2.14. The molecule has 0 saturated heterocycles. The van der Waals surface area contributed by atoms with Gasteiger partial charge in [0, 0.05) is 17.4 Å². The van der Waals surface area contributed by atoms with Crippen LogP contribution in [-0.4, -0.2) is 17.4 Å². The standard InChI is InChI=1S/C19H19FN2O/c1-13-16-10-9-15(20)12-17(16)22-18(13)19(23)21-11-5-8-14-6-3-2-4-7-14/h2-4,6-7,9-10,12,22H,5,8,11H2,1H3,(H,21,23). The van der Waals surface area contributed by atoms with Crippen molar-refractivity contribution in [2.45, 2.75) is 19.8 Å². The number of aryl methyl sites for hydroxylation is 2. The van der Waals surface area contributed by atoms with Crippen LogP contribution in [0.25, 0.3) is 10.9 Å². The molecule has 2 N–H and O–H groups in total. The number of carbonyl (C=O) groups excluding carboxylic acids is 1. The number of halogens is 1. The minimum atomic E-state index is -0.312. The molecule has 0 atom stereocenters. The van der Waals surface area contributed by atoms with Crippen LogP contribution >= 0.6 is 0 Å². The number of carbonyl (C=O) groups is 1. The van der Waals surface area contributed by atoms with E-state index in [9.17, 15) is 9.18 Å². The SMILES string of the molecule is Cc1c(C(=O)NCCCc2ccccc2)[nH]c2cc(F)ccc12. The van der Waals surface area contributed by atoms with E-state index < -0.39 is 0 Å². The van der Waals surface area contributed by atoms with E-state index in [1.165, 1.54) is 17.7 Å². The molecule has 0 saturated carbocycles. The Kier molecular flexibility index (Phi) is 4.42. The summed E-state index contributed by atoms with van der Waals surface area (Å²) < 4.78 is 13.3. The molecule has 3 rings (SSSR count). The van der Waals surface area contributed by atoms with E-state index in [1.807, 2.05) is 25.1 Å². The van der Waals surface area contributed by atoms with Crippen molar-refractivity contribution in [3.63, 3.8) is 0 Å². The second-order valence-corrected chi connectivity index (χ2v) is 5.66. The summed E-state index contributed by atoms with van der Waals surface area (Å²) in [5.41, 5.74) is 3.27. The first-order valence-corrected chi connectivity index (χ1v) is 7.75. The van der Waals surface area contributed by atoms with Crippen LogP contribution in [0, 0.1) is 12.7 Å². The summed E-state index contributed by atoms with van der Waals surface area (Å²) in [5.74, 6) is -0.458. The Morgan fingerprint density at radius 2 is 1.96 bits per heavy atom. The highest BCUT2D eigenvalue weighted by molar-refractivity contribution is 6.00. The van der Waals surface area contributed by atoms with Gasteiger partial charge in [0.1, 0.15) is 11.5 Å². The predicted molar refractivity (Wildman–Crippen MR) is 90.1 cm³/mol. The number of aromatic amines is 1. The number of H-pyrrole nitrogens is 1. The molecule has 1 amide bonds. The quantitative estimate of drug-likeness (QED) is 0.688. The van der Waals surface area contributed by atoms with Gasteiger partial charge in [-0.05, 0) is 49.1 Å². The molecule has 0 aliphatic rings. The molecule has 1 aromatic heterocycles. The first kappa shape index (κ1) is 15.3. The molecule has 0 radical (unpaired) electrons. The van der Waals surface area contributed by atoms with Crippen molar-refractivity contribution < 1.29 is 9.18 Å². The third kappa shape index (κ3) is 3.42. The van der Waals surface area contributed by atoms with Crippen LogP contribution in [0.4, 0.5) is 4.39 Å². The molecule has 3 nitrogen and oxygen atoms in total. The number of hydrogen-bond donors (Lipinski definition) is 2. The number of nitrogens with one attached hydrogen (secondary N) is 2. The Morgan fingerprint density at radius 1 is 1.17 bits per heavy atom. The van der Waals surface area contributed by atoms with Crippen LogP contribution < -0.4 is 5.32 Å². The number of amides is 1. The van der Waals surface area contributed by atoms with Gasteiger partial charge in [0.25, 0.3) is 5.91 Å². The van der Waals surface area contributed by atoms with Gasteiger partial charge in [-0.15, -0.1) is 0 Å². The van der Waals surface area contributed by atoms with Crippen molar-refractivity contribution in [2.24, 2.45) is 0 Å². The summed E-state index contributed by atoms with van der Waals surface area (Å²) in [6, 6.07) is 14.7. The highest BCUT2D eigenvalue weighted by atomic mass is 19.1. The maximum atomic E-state index is 13.3. The molecule has 3 aromatic rings. The molecule has 0 spiro atoms. The average molecular weight is 310 g/mol. The van der Waals surface area contributed by atoms with Crippen LogP contribution in [0.1, 0.15) is 28.0 Å². The summed E-state index contributed by atoms with van der Waals surface area (Å²) in [6.07, 6.45) is 1.81. The fourth-order valence-corrected chi connectivity index (χ4v) is 2.76. The second-order valence-electron chi connectivity index (χ2n) is 5.66. The van der Waals surface area contributed by atoms with Crippen molar-refractivity contribution in [3.8, 4) is 0 Å². The van der Waals surface area contributed by atoms with E-state index in [1.54, 1.807) is 6.07 Å². The third-order valence-electron chi connectivity index (χ3n) is 4.02. The lowest BCUT2D eigenvalue weighted by atomic mass is 10.1. The van der Waals surface area contributed by atoms with Crippen molar-refractivity contribution in [1.82, 2.24) is 10.3 Å². The van der Waals surface area contributed by atoms with Crippen molar-refractivity contribution in [3.05, 3.63) is 71.2 Å². The molecule has 1 heterocycles. The minimum Gasteiger partial charge on any atom is -0.351 e. The second kappa shape index (κ2) is 6.65. The maximum absolute atomic E-state index is 13.3. The highest BCUT2D eigenvalue weighted by Crippen LogP contribution is 2.22. The molecule has 23 heavy (non-hydrogen) atoms. The van der Waals surface area contributed by atoms with Gasteiger partial charge in [0.15, 0.2) is 0 Å². The molecule has 0 unspecified atom stereocenters. The zero-order valence-electron chi connectivity index (χ0n) is 13.0. The predicted octanol–water partition coefficient (Wildman–Crippen LogP) is 3.98. The van der Waals surface area contributed by atoms with E-state index in [0.29, 0.717) is 17.8 Å². The maximum Gasteiger partial charge on any atom is 0.268 e. The fraction of sp³-hybridized carbons (Fsp3) is 0.211. The first-order chi connectivity index (χ1) is 11.1. The van der Waals surface area contributed by atoms with Crippen molar-refractivity contribution >= 4 is 16.8 Å². The number of rotatable bonds is 5. The lowest BCUT2D eigenvalue weighted by molar-refractivity contribution is 0.0948. The van der Waals surface area contributed by atoms with E-state index in [4.69, 9.17) is 0 Å². The van der Waals surface area contributed by atoms with Crippen LogP contribution in [-0.2, 0) is 6.42 Å². The topological polar surface area (TPSA) is 44.9 Å². The van der Waals surface area contributed by atoms with Gasteiger partial charge in [-0.1, -0.05) is 30.3 Å². The number of fused-ring (bicyclic) bond motifs is 1. The Bertz CT molecular complexity index is 824. The third-order valence-corrected chi connectivity index (χ3v) is 4.02. The van der Waals surface area contributed by atoms with Gasteiger partial charge in [-0.3, -0.25) is 4.79 Å². The largest absolute Gasteiger partial charge is 0.351 e. The van der Waals surface area contributed by atoms with Crippen LogP contribution in [0.5, 0.6) is 0 Å². The molecule has 0 bridgehead atoms. The first-order valence-electron chi connectivity index (χ1n) is 7.75. The van der Waals surface area contributed by atoms with Crippen LogP contribution in [0.2, 0.25) is 0 Å². The number of hydrogen-bond acceptors (Lipinski definition) is 1. The van der Waals surface area contributed by atoms with E-state index >= 15 is 0 Å². The van der Waals surface area contributed by atoms with E-state index in [0.717, 1.165) is 23.8 Å². The van der Waals surface area contributed by atoms with E-state index in [-0.39, 0.29) is 11.7 Å². The Labute approximate surface area is 134 Å². The van der Waals surface area contributed by atoms with Gasteiger partial charge < -0.3 is 10.3 Å². The lowest BCUT2D eigenvalue weighted by Gasteiger charge is -2.05. The monoisotopic (exact) mass is 310 g/mol. The van der Waals surface area contributed by atoms with Gasteiger partial charge in [0.05, 0.1) is 0 Å². The van der Waals surface area contributed by atoms with Crippen LogP contribution in [0.3, 0.4) is 0 Å². The summed E-state index contributed by atoms with van der Waals surface area (Å²) in [4.78, 5) is 15.3. The van der Waals surface area contributed by atoms with Gasteiger partial charge in [-0.2, -0.15) is 0 Å². The summed E-state index contributed by atoms with van der Waals surface area (Å²) in [6.45, 7) is 2.48. The van der Waals surface area contributed by atoms with Crippen LogP contribution in [0.15, 0.2) is 48.5 Å². The Balaban J connectivity index is 1.61. The Morgan fingerprint density at radius 3 is 2.74 bits per heavy atom. The normalized spacial score (nSPS) is 10.9. The summed E-state index contributed by atoms with van der Waals surface area (Å²) in [5, 5.41) is 3.80. The lowest BCUT2D eigenvalue weighted by Crippen LogP contribution is -2.25. The molecule has 0 aliphatic heterocycles. The van der Waals surface area contributed by atoms with Crippen molar-refractivity contribution in [1.29, 1.82) is 0 Å². The molecule has 2 aromatic carbocycles. The molecule has 0 aliphatic carbocycles.